The molecule has 1 unspecified atom stereocenters. The van der Waals surface area contributed by atoms with Crippen molar-refractivity contribution in [2.24, 2.45) is 0 Å². The van der Waals surface area contributed by atoms with Crippen molar-refractivity contribution in [3.8, 4) is 0 Å². The number of hydrogen-bond acceptors (Lipinski definition) is 6. The van der Waals surface area contributed by atoms with Crippen LogP contribution in [0, 0.1) is 13.8 Å². The summed E-state index contributed by atoms with van der Waals surface area (Å²) >= 11 is 0. The van der Waals surface area contributed by atoms with Gasteiger partial charge in [0.1, 0.15) is 23.5 Å². The highest BCUT2D eigenvalue weighted by atomic mass is 32.2. The third-order valence-electron chi connectivity index (χ3n) is 5.82. The van der Waals surface area contributed by atoms with E-state index in [1.165, 1.54) is 38.1 Å². The first-order valence-electron chi connectivity index (χ1n) is 11.1. The molecule has 0 saturated heterocycles. The van der Waals surface area contributed by atoms with Gasteiger partial charge >= 0.3 is 12.1 Å². The van der Waals surface area contributed by atoms with Crippen molar-refractivity contribution in [1.82, 2.24) is 19.7 Å². The molecule has 0 aliphatic rings. The number of nitrogens with zero attached hydrogens (tertiary/aromatic N) is 3. The fourth-order valence-corrected chi connectivity index (χ4v) is 4.67. The van der Waals surface area contributed by atoms with E-state index in [-0.39, 0.29) is 21.9 Å². The van der Waals surface area contributed by atoms with Gasteiger partial charge in [-0.25, -0.2) is 9.67 Å². The largest absolute Gasteiger partial charge is 0.416 e. The first-order valence-corrected chi connectivity index (χ1v) is 12.5. The minimum absolute atomic E-state index is 0.0799. The van der Waals surface area contributed by atoms with Crippen molar-refractivity contribution in [2.45, 2.75) is 43.8 Å². The predicted molar refractivity (Wildman–Crippen MR) is 126 cm³/mol. The van der Waals surface area contributed by atoms with Crippen LogP contribution in [0.2, 0.25) is 0 Å². The average molecular weight is 557 g/mol. The number of aryl methyl sites for hydroxylation is 2. The summed E-state index contributed by atoms with van der Waals surface area (Å²) in [6.07, 6.45) is -4.57. The van der Waals surface area contributed by atoms with Gasteiger partial charge < -0.3 is 4.98 Å². The lowest BCUT2D eigenvalue weighted by atomic mass is 10.1. The molecule has 202 valence electrons. The smallest absolute Gasteiger partial charge is 0.310 e. The molecular weight excluding hydrogens is 535 g/mol. The molecule has 4 aromatic rings. The first-order chi connectivity index (χ1) is 17.6. The summed E-state index contributed by atoms with van der Waals surface area (Å²) in [4.78, 5) is 18.8. The second kappa shape index (κ2) is 9.58. The number of halogens is 5. The third kappa shape index (κ3) is 5.31. The Kier molecular flexibility index (Phi) is 6.91. The minimum Gasteiger partial charge on any atom is -0.310 e. The molecular formula is C24H21F5N4O4S. The summed E-state index contributed by atoms with van der Waals surface area (Å²) < 4.78 is 100. The van der Waals surface area contributed by atoms with E-state index in [9.17, 15) is 26.4 Å². The van der Waals surface area contributed by atoms with Crippen LogP contribution in [-0.2, 0) is 26.4 Å². The fourth-order valence-electron chi connectivity index (χ4n) is 3.77. The van der Waals surface area contributed by atoms with Gasteiger partial charge in [-0.3, -0.25) is 8.98 Å². The number of rotatable bonds is 7. The molecule has 8 nitrogen and oxygen atoms in total. The Labute approximate surface area is 213 Å². The molecule has 0 radical (unpaired) electrons. The van der Waals surface area contributed by atoms with Crippen molar-refractivity contribution in [2.75, 3.05) is 6.61 Å². The number of nitrogens with one attached hydrogen (secondary N) is 1. The highest BCUT2D eigenvalue weighted by Crippen LogP contribution is 2.35. The molecule has 0 saturated carbocycles. The lowest BCUT2D eigenvalue weighted by Crippen LogP contribution is -2.26. The SMILES string of the molecule is Cc1ccc(S(=O)(=O)OCC(F)(F)c2nn(C(C)c3ccc(C(F)(F)F)cc3)c3nc(C)[nH]c(=O)c23)cc1. The maximum Gasteiger partial charge on any atom is 0.416 e. The molecule has 14 heteroatoms. The lowest BCUT2D eigenvalue weighted by molar-refractivity contribution is -0.137. The molecule has 0 bridgehead atoms. The van der Waals surface area contributed by atoms with Gasteiger partial charge in [0.05, 0.1) is 16.5 Å². The summed E-state index contributed by atoms with van der Waals surface area (Å²) in [6, 6.07) is 8.43. The summed E-state index contributed by atoms with van der Waals surface area (Å²) in [5.41, 5.74) is -2.17. The second-order valence-electron chi connectivity index (χ2n) is 8.67. The van der Waals surface area contributed by atoms with E-state index in [2.05, 4.69) is 19.2 Å². The summed E-state index contributed by atoms with van der Waals surface area (Å²) in [5, 5.41) is 3.28. The summed E-state index contributed by atoms with van der Waals surface area (Å²) in [6.45, 7) is 2.95. The second-order valence-corrected chi connectivity index (χ2v) is 10.3. The third-order valence-corrected chi connectivity index (χ3v) is 7.10. The van der Waals surface area contributed by atoms with Crippen LogP contribution < -0.4 is 5.56 Å². The molecule has 0 aliphatic carbocycles. The maximum atomic E-state index is 15.4. The van der Waals surface area contributed by atoms with Gasteiger partial charge in [-0.05, 0) is 50.6 Å². The number of aromatic amines is 1. The van der Waals surface area contributed by atoms with Gasteiger partial charge in [0.2, 0.25) is 0 Å². The molecule has 0 spiro atoms. The lowest BCUT2D eigenvalue weighted by Gasteiger charge is -2.16. The van der Waals surface area contributed by atoms with Gasteiger partial charge in [0.15, 0.2) is 5.65 Å². The molecule has 38 heavy (non-hydrogen) atoms. The summed E-state index contributed by atoms with van der Waals surface area (Å²) in [7, 11) is -4.57. The van der Waals surface area contributed by atoms with Gasteiger partial charge in [0.25, 0.3) is 15.7 Å². The quantitative estimate of drug-likeness (QED) is 0.257. The minimum atomic E-state index is -4.57. The van der Waals surface area contributed by atoms with Crippen molar-refractivity contribution < 1.29 is 34.6 Å². The van der Waals surface area contributed by atoms with E-state index >= 15 is 8.78 Å². The van der Waals surface area contributed by atoms with Crippen LogP contribution in [0.3, 0.4) is 0 Å². The number of alkyl halides is 5. The van der Waals surface area contributed by atoms with Crippen LogP contribution in [0.5, 0.6) is 0 Å². The van der Waals surface area contributed by atoms with Gasteiger partial charge in [-0.1, -0.05) is 29.8 Å². The Bertz CT molecular complexity index is 1640. The highest BCUT2D eigenvalue weighted by molar-refractivity contribution is 7.86. The number of aromatic nitrogens is 4. The Balaban J connectivity index is 1.74. The average Bonchev–Trinajstić information content (AvgIpc) is 3.23. The molecule has 1 N–H and O–H groups in total. The molecule has 2 heterocycles. The highest BCUT2D eigenvalue weighted by Gasteiger charge is 2.41. The molecule has 0 aliphatic heterocycles. The molecule has 0 amide bonds. The van der Waals surface area contributed by atoms with Gasteiger partial charge in [-0.2, -0.15) is 35.5 Å². The van der Waals surface area contributed by atoms with Crippen molar-refractivity contribution in [3.63, 3.8) is 0 Å². The number of hydrogen-bond donors (Lipinski definition) is 1. The Morgan fingerprint density at radius 2 is 1.61 bits per heavy atom. The predicted octanol–water partition coefficient (Wildman–Crippen LogP) is 4.86. The normalized spacial score (nSPS) is 13.7. The Morgan fingerprint density at radius 3 is 2.18 bits per heavy atom. The van der Waals surface area contributed by atoms with E-state index in [1.807, 2.05) is 0 Å². The van der Waals surface area contributed by atoms with Crippen LogP contribution in [0.25, 0.3) is 11.0 Å². The molecule has 4 rings (SSSR count). The summed E-state index contributed by atoms with van der Waals surface area (Å²) in [5.74, 6) is -3.98. The Morgan fingerprint density at radius 1 is 1.00 bits per heavy atom. The van der Waals surface area contributed by atoms with Gasteiger partial charge in [-0.15, -0.1) is 0 Å². The fraction of sp³-hybridized carbons (Fsp3) is 0.292. The number of benzene rings is 2. The van der Waals surface area contributed by atoms with Crippen LogP contribution in [0.15, 0.2) is 58.2 Å². The van der Waals surface area contributed by atoms with Crippen LogP contribution in [-0.4, -0.2) is 34.8 Å². The molecule has 1 atom stereocenters. The monoisotopic (exact) mass is 556 g/mol. The van der Waals surface area contributed by atoms with E-state index < -0.39 is 57.1 Å². The van der Waals surface area contributed by atoms with Crippen molar-refractivity contribution in [3.05, 3.63) is 87.1 Å². The standard InChI is InChI=1S/C24H21F5N4O4S/c1-13-4-10-18(11-5-13)38(35,36)37-12-23(25,26)20-19-21(30-15(3)31-22(19)34)33(32-20)14(2)16-6-8-17(9-7-16)24(27,28)29/h4-11,14H,12H2,1-3H3,(H,30,31,34). The van der Waals surface area contributed by atoms with Crippen molar-refractivity contribution >= 4 is 21.2 Å². The van der Waals surface area contributed by atoms with E-state index in [1.54, 1.807) is 6.92 Å². The van der Waals surface area contributed by atoms with Crippen molar-refractivity contribution in [1.29, 1.82) is 0 Å². The van der Waals surface area contributed by atoms with Crippen LogP contribution >= 0.6 is 0 Å². The zero-order chi connectivity index (χ0) is 28.0. The Hall–Kier alpha value is -3.65. The maximum absolute atomic E-state index is 15.4. The van der Waals surface area contributed by atoms with Crippen LogP contribution in [0.4, 0.5) is 22.0 Å². The van der Waals surface area contributed by atoms with Crippen LogP contribution in [0.1, 0.15) is 41.2 Å². The van der Waals surface area contributed by atoms with E-state index in [0.29, 0.717) is 0 Å². The molecule has 2 aromatic carbocycles. The number of H-pyrrole nitrogens is 1. The topological polar surface area (TPSA) is 107 Å². The first kappa shape index (κ1) is 27.4. The molecule has 2 aromatic heterocycles. The van der Waals surface area contributed by atoms with E-state index in [4.69, 9.17) is 0 Å². The zero-order valence-corrected chi connectivity index (χ0v) is 21.0. The van der Waals surface area contributed by atoms with E-state index in [0.717, 1.165) is 34.5 Å². The zero-order valence-electron chi connectivity index (χ0n) is 20.2. The molecule has 0 fully saturated rings. The van der Waals surface area contributed by atoms with Gasteiger partial charge in [0, 0.05) is 0 Å². The number of fused-ring (bicyclic) bond motifs is 1.